The minimum atomic E-state index is -0.442. The van der Waals surface area contributed by atoms with Crippen LogP contribution in [-0.4, -0.2) is 34.0 Å². The van der Waals surface area contributed by atoms with Crippen LogP contribution in [0.15, 0.2) is 59.2 Å². The van der Waals surface area contributed by atoms with Gasteiger partial charge in [-0.25, -0.2) is 5.43 Å². The number of aromatic hydroxyl groups is 2. The molecule has 0 heterocycles. The number of hydrogen-bond donors (Lipinski definition) is 4. The van der Waals surface area contributed by atoms with E-state index in [1.807, 2.05) is 30.3 Å². The lowest BCUT2D eigenvalue weighted by Crippen LogP contribution is -2.20. The number of rotatable bonds is 6. The molecule has 124 valence electrons. The Morgan fingerprint density at radius 2 is 1.88 bits per heavy atom. The van der Waals surface area contributed by atoms with Crippen LogP contribution in [0, 0.1) is 0 Å². The Balaban J connectivity index is 2.08. The van der Waals surface area contributed by atoms with Gasteiger partial charge in [-0.3, -0.25) is 4.79 Å². The third kappa shape index (κ3) is 4.96. The van der Waals surface area contributed by atoms with Gasteiger partial charge in [-0.15, -0.1) is 0 Å². The van der Waals surface area contributed by atoms with Gasteiger partial charge in [0.2, 0.25) is 0 Å². The molecule has 1 amide bonds. The Morgan fingerprint density at radius 1 is 1.12 bits per heavy atom. The Hall–Kier alpha value is -3.12. The van der Waals surface area contributed by atoms with Gasteiger partial charge in [0.15, 0.2) is 0 Å². The van der Waals surface area contributed by atoms with Gasteiger partial charge in [-0.2, -0.15) is 5.10 Å². The minimum absolute atomic E-state index is 0.0651. The normalized spacial score (nSPS) is 11.6. The van der Waals surface area contributed by atoms with Gasteiger partial charge in [0, 0.05) is 30.2 Å². The van der Waals surface area contributed by atoms with E-state index in [2.05, 4.69) is 10.5 Å². The molecule has 2 aromatic carbocycles. The summed E-state index contributed by atoms with van der Waals surface area (Å²) in [7, 11) is 0. The molecule has 0 bridgehead atoms. The van der Waals surface area contributed by atoms with E-state index < -0.39 is 5.91 Å². The summed E-state index contributed by atoms with van der Waals surface area (Å²) in [6.07, 6.45) is 3.14. The fraction of sp³-hybridized carbons (Fsp3) is 0.111. The van der Waals surface area contributed by atoms with Crippen LogP contribution < -0.4 is 5.43 Å². The number of phenols is 2. The number of phenolic OH excluding ortho intramolecular Hbond substituents is 2. The van der Waals surface area contributed by atoms with Crippen LogP contribution in [0.2, 0.25) is 0 Å². The first-order chi connectivity index (χ1) is 11.6. The van der Waals surface area contributed by atoms with E-state index in [1.54, 1.807) is 6.08 Å². The summed E-state index contributed by atoms with van der Waals surface area (Å²) in [6.45, 7) is -0.158. The second-order valence-electron chi connectivity index (χ2n) is 5.00. The molecule has 0 aliphatic heterocycles. The number of nitrogens with one attached hydrogen (secondary N) is 1. The first-order valence-electron chi connectivity index (χ1n) is 7.32. The molecule has 0 fully saturated rings. The molecule has 0 aliphatic rings. The van der Waals surface area contributed by atoms with Crippen molar-refractivity contribution in [1.29, 1.82) is 0 Å². The molecule has 4 N–H and O–H groups in total. The molecule has 0 radical (unpaired) electrons. The molecular weight excluding hydrogens is 308 g/mol. The van der Waals surface area contributed by atoms with Gasteiger partial charge < -0.3 is 15.3 Å². The number of aliphatic hydroxyl groups excluding tert-OH is 1. The summed E-state index contributed by atoms with van der Waals surface area (Å²) in [5, 5.41) is 31.8. The first-order valence-corrected chi connectivity index (χ1v) is 7.32. The third-order valence-corrected chi connectivity index (χ3v) is 3.20. The molecule has 0 atom stereocenters. The molecule has 2 rings (SSSR count). The van der Waals surface area contributed by atoms with Gasteiger partial charge in [0.25, 0.3) is 5.91 Å². The summed E-state index contributed by atoms with van der Waals surface area (Å²) in [6, 6.07) is 13.3. The highest BCUT2D eigenvalue weighted by molar-refractivity contribution is 5.98. The van der Waals surface area contributed by atoms with Gasteiger partial charge in [-0.05, 0) is 23.8 Å². The van der Waals surface area contributed by atoms with E-state index in [0.29, 0.717) is 11.1 Å². The Morgan fingerprint density at radius 3 is 2.54 bits per heavy atom. The lowest BCUT2D eigenvalue weighted by molar-refractivity contribution is -0.117. The summed E-state index contributed by atoms with van der Waals surface area (Å²) in [4.78, 5) is 12.2. The summed E-state index contributed by atoms with van der Waals surface area (Å²) in [5.74, 6) is -0.657. The number of hydrazone groups is 1. The van der Waals surface area contributed by atoms with Crippen molar-refractivity contribution >= 4 is 18.2 Å². The largest absolute Gasteiger partial charge is 0.508 e. The molecule has 6 heteroatoms. The molecule has 0 saturated heterocycles. The van der Waals surface area contributed by atoms with Crippen molar-refractivity contribution in [2.75, 3.05) is 6.61 Å². The maximum absolute atomic E-state index is 12.2. The van der Waals surface area contributed by atoms with Crippen LogP contribution in [0.4, 0.5) is 0 Å². The molecular formula is C18H18N2O4. The molecule has 0 aliphatic carbocycles. The number of carbonyl (C=O) groups is 1. The zero-order valence-corrected chi connectivity index (χ0v) is 12.9. The van der Waals surface area contributed by atoms with E-state index >= 15 is 0 Å². The van der Waals surface area contributed by atoms with Crippen LogP contribution in [0.25, 0.3) is 6.08 Å². The average Bonchev–Trinajstić information content (AvgIpc) is 2.57. The van der Waals surface area contributed by atoms with Crippen molar-refractivity contribution in [3.05, 3.63) is 65.2 Å². The topological polar surface area (TPSA) is 102 Å². The van der Waals surface area contributed by atoms with Crippen LogP contribution >= 0.6 is 0 Å². The maximum atomic E-state index is 12.2. The second kappa shape index (κ2) is 8.50. The Labute approximate surface area is 139 Å². The average molecular weight is 326 g/mol. The van der Waals surface area contributed by atoms with E-state index in [-0.39, 0.29) is 24.5 Å². The monoisotopic (exact) mass is 326 g/mol. The highest BCUT2D eigenvalue weighted by atomic mass is 16.3. The predicted octanol–water partition coefficient (Wildman–Crippen LogP) is 2.01. The van der Waals surface area contributed by atoms with Gasteiger partial charge in [0.1, 0.15) is 11.5 Å². The van der Waals surface area contributed by atoms with E-state index in [1.165, 1.54) is 24.4 Å². The molecule has 24 heavy (non-hydrogen) atoms. The third-order valence-electron chi connectivity index (χ3n) is 3.20. The van der Waals surface area contributed by atoms with Crippen molar-refractivity contribution in [3.8, 4) is 11.5 Å². The van der Waals surface area contributed by atoms with Crippen LogP contribution in [0.1, 0.15) is 17.5 Å². The fourth-order valence-corrected chi connectivity index (χ4v) is 2.00. The van der Waals surface area contributed by atoms with Crippen molar-refractivity contribution in [2.45, 2.75) is 6.42 Å². The number of benzene rings is 2. The highest BCUT2D eigenvalue weighted by Gasteiger charge is 2.08. The second-order valence-corrected chi connectivity index (χ2v) is 5.00. The zero-order valence-electron chi connectivity index (χ0n) is 12.9. The summed E-state index contributed by atoms with van der Waals surface area (Å²) in [5.41, 5.74) is 3.94. The van der Waals surface area contributed by atoms with Crippen molar-refractivity contribution in [2.24, 2.45) is 5.10 Å². The summed E-state index contributed by atoms with van der Waals surface area (Å²) >= 11 is 0. The van der Waals surface area contributed by atoms with Gasteiger partial charge >= 0.3 is 0 Å². The molecule has 0 aromatic heterocycles. The predicted molar refractivity (Wildman–Crippen MR) is 91.6 cm³/mol. The standard InChI is InChI=1S/C18H18N2O4/c21-9-8-14(10-13-4-2-1-3-5-13)18(24)20-19-12-15-6-7-16(22)11-17(15)23/h1-7,10-12,21-23H,8-9H2,(H,20,24)/b14-10-,19-12+. The smallest absolute Gasteiger partial charge is 0.267 e. The molecule has 0 spiro atoms. The van der Waals surface area contributed by atoms with Crippen LogP contribution in [0.3, 0.4) is 0 Å². The lowest BCUT2D eigenvalue weighted by atomic mass is 10.1. The quantitative estimate of drug-likeness (QED) is 0.370. The molecule has 0 saturated carbocycles. The molecule has 6 nitrogen and oxygen atoms in total. The van der Waals surface area contributed by atoms with Gasteiger partial charge in [0.05, 0.1) is 6.21 Å². The van der Waals surface area contributed by atoms with Crippen LogP contribution in [0.5, 0.6) is 11.5 Å². The Kier molecular flexibility index (Phi) is 6.10. The summed E-state index contributed by atoms with van der Waals surface area (Å²) < 4.78 is 0. The van der Waals surface area contributed by atoms with E-state index in [4.69, 9.17) is 5.11 Å². The van der Waals surface area contributed by atoms with Crippen molar-refractivity contribution in [3.63, 3.8) is 0 Å². The number of amides is 1. The first kappa shape index (κ1) is 17.2. The Bertz CT molecular complexity index is 755. The SMILES string of the molecule is O=C(N/N=C/c1ccc(O)cc1O)/C(=C\c1ccccc1)CCO. The molecule has 0 unspecified atom stereocenters. The lowest BCUT2D eigenvalue weighted by Gasteiger charge is -2.05. The number of hydrogen-bond acceptors (Lipinski definition) is 5. The van der Waals surface area contributed by atoms with Crippen LogP contribution in [-0.2, 0) is 4.79 Å². The minimum Gasteiger partial charge on any atom is -0.508 e. The zero-order chi connectivity index (χ0) is 17.4. The molecule has 2 aromatic rings. The highest BCUT2D eigenvalue weighted by Crippen LogP contribution is 2.20. The van der Waals surface area contributed by atoms with Crippen molar-refractivity contribution in [1.82, 2.24) is 5.43 Å². The number of nitrogens with zero attached hydrogens (tertiary/aromatic N) is 1. The van der Waals surface area contributed by atoms with E-state index in [9.17, 15) is 15.0 Å². The fourth-order valence-electron chi connectivity index (χ4n) is 2.00. The van der Waals surface area contributed by atoms with E-state index in [0.717, 1.165) is 5.56 Å². The maximum Gasteiger partial charge on any atom is 0.267 e. The number of carbonyl (C=O) groups excluding carboxylic acids is 1. The van der Waals surface area contributed by atoms with Gasteiger partial charge in [-0.1, -0.05) is 30.3 Å². The number of aliphatic hydroxyl groups is 1. The van der Waals surface area contributed by atoms with Crippen molar-refractivity contribution < 1.29 is 20.1 Å².